The molecule has 4 N–H and O–H groups in total. The zero-order valence-electron chi connectivity index (χ0n) is 42.3. The van der Waals surface area contributed by atoms with Crippen LogP contribution in [-0.4, -0.2) is 96.0 Å². The molecule has 1 aliphatic heterocycles. The maximum Gasteiger partial charge on any atom is 0.306 e. The lowest BCUT2D eigenvalue weighted by Crippen LogP contribution is -2.60. The van der Waals surface area contributed by atoms with Gasteiger partial charge in [0.25, 0.3) is 10.1 Å². The van der Waals surface area contributed by atoms with Gasteiger partial charge in [-0.25, -0.2) is 0 Å². The van der Waals surface area contributed by atoms with Crippen molar-refractivity contribution in [3.63, 3.8) is 0 Å². The minimum absolute atomic E-state index is 0.173. The smallest absolute Gasteiger partial charge is 0.306 e. The van der Waals surface area contributed by atoms with Crippen LogP contribution in [0.4, 0.5) is 0 Å². The molecule has 0 aromatic heterocycles. The highest BCUT2D eigenvalue weighted by Gasteiger charge is 2.46. The Balaban J connectivity index is 2.31. The molecule has 1 saturated heterocycles. The van der Waals surface area contributed by atoms with E-state index in [1.807, 2.05) is 0 Å². The zero-order valence-corrected chi connectivity index (χ0v) is 43.1. The monoisotopic (exact) mass is 963 g/mol. The van der Waals surface area contributed by atoms with Crippen molar-refractivity contribution in [2.75, 3.05) is 19.0 Å². The highest BCUT2D eigenvalue weighted by molar-refractivity contribution is 7.85. The van der Waals surface area contributed by atoms with E-state index in [0.29, 0.717) is 12.8 Å². The van der Waals surface area contributed by atoms with Crippen molar-refractivity contribution < 1.29 is 56.8 Å². The third-order valence-corrected chi connectivity index (χ3v) is 13.9. The summed E-state index contributed by atoms with van der Waals surface area (Å²) < 4.78 is 54.3. The van der Waals surface area contributed by atoms with Gasteiger partial charge in [-0.1, -0.05) is 245 Å². The van der Waals surface area contributed by atoms with Crippen molar-refractivity contribution >= 4 is 22.1 Å². The standard InChI is InChI=1S/C53H102O12S/c1-3-5-7-9-11-13-15-17-19-21-22-23-24-25-26-28-30-32-34-36-38-40-42-49(55)64-46(44-63-53-52(58)51(57)50(56)47(65-53)45-66(59,60)61)43-62-48(54)41-39-37-35-33-31-29-27-20-18-16-14-12-10-8-6-4-2/h46-47,50-53,56-58H,3-45H2,1-2H3,(H,59,60,61). The molecule has 1 rings (SSSR count). The normalized spacial score (nSPS) is 19.3. The summed E-state index contributed by atoms with van der Waals surface area (Å²) in [6.07, 6.45) is 38.6. The fourth-order valence-electron chi connectivity index (χ4n) is 8.92. The Morgan fingerprint density at radius 1 is 0.455 bits per heavy atom. The van der Waals surface area contributed by atoms with Gasteiger partial charge in [0.2, 0.25) is 0 Å². The summed E-state index contributed by atoms with van der Waals surface area (Å²) in [5.74, 6) is -1.95. The van der Waals surface area contributed by atoms with Gasteiger partial charge in [-0.15, -0.1) is 0 Å². The summed E-state index contributed by atoms with van der Waals surface area (Å²) >= 11 is 0. The fraction of sp³-hybridized carbons (Fsp3) is 0.962. The first-order chi connectivity index (χ1) is 32.0. The Morgan fingerprint density at radius 3 is 1.11 bits per heavy atom. The number of aliphatic hydroxyl groups is 3. The molecule has 0 aliphatic carbocycles. The molecule has 12 nitrogen and oxygen atoms in total. The van der Waals surface area contributed by atoms with E-state index >= 15 is 0 Å². The van der Waals surface area contributed by atoms with Crippen molar-refractivity contribution in [1.82, 2.24) is 0 Å². The van der Waals surface area contributed by atoms with Gasteiger partial charge in [0.1, 0.15) is 36.8 Å². The van der Waals surface area contributed by atoms with Crippen molar-refractivity contribution in [3.8, 4) is 0 Å². The maximum atomic E-state index is 12.9. The highest BCUT2D eigenvalue weighted by atomic mass is 32.2. The van der Waals surface area contributed by atoms with Gasteiger partial charge in [-0.05, 0) is 12.8 Å². The van der Waals surface area contributed by atoms with Gasteiger partial charge in [0.15, 0.2) is 12.4 Å². The number of carbonyl (C=O) groups excluding carboxylic acids is 2. The summed E-state index contributed by atoms with van der Waals surface area (Å²) in [6.45, 7) is 3.82. The second kappa shape index (κ2) is 43.7. The lowest BCUT2D eigenvalue weighted by atomic mass is 10.00. The number of aliphatic hydroxyl groups excluding tert-OH is 3. The minimum Gasteiger partial charge on any atom is -0.462 e. The zero-order chi connectivity index (χ0) is 48.4. The Morgan fingerprint density at radius 2 is 0.773 bits per heavy atom. The van der Waals surface area contributed by atoms with Crippen LogP contribution in [0.2, 0.25) is 0 Å². The Hall–Kier alpha value is -1.35. The van der Waals surface area contributed by atoms with Crippen LogP contribution in [0, 0.1) is 0 Å². The van der Waals surface area contributed by atoms with Crippen molar-refractivity contribution in [2.45, 2.75) is 307 Å². The molecule has 0 aromatic rings. The number of hydrogen-bond donors (Lipinski definition) is 4. The van der Waals surface area contributed by atoms with Crippen LogP contribution in [-0.2, 0) is 38.7 Å². The first-order valence-corrected chi connectivity index (χ1v) is 29.2. The lowest BCUT2D eigenvalue weighted by molar-refractivity contribution is -0.297. The number of hydrogen-bond acceptors (Lipinski definition) is 11. The van der Waals surface area contributed by atoms with Crippen LogP contribution in [0.15, 0.2) is 0 Å². The molecule has 0 aromatic carbocycles. The minimum atomic E-state index is -4.60. The molecule has 1 fully saturated rings. The van der Waals surface area contributed by atoms with Crippen molar-refractivity contribution in [1.29, 1.82) is 0 Å². The van der Waals surface area contributed by atoms with Crippen LogP contribution in [0.1, 0.15) is 271 Å². The molecule has 0 spiro atoms. The van der Waals surface area contributed by atoms with Gasteiger partial charge in [0.05, 0.1) is 6.61 Å². The van der Waals surface area contributed by atoms with Crippen LogP contribution in [0.25, 0.3) is 0 Å². The van der Waals surface area contributed by atoms with Gasteiger partial charge in [-0.2, -0.15) is 8.42 Å². The summed E-state index contributed by atoms with van der Waals surface area (Å²) in [6, 6.07) is 0. The highest BCUT2D eigenvalue weighted by Crippen LogP contribution is 2.24. The molecule has 0 radical (unpaired) electrons. The number of esters is 2. The molecule has 1 aliphatic rings. The van der Waals surface area contributed by atoms with E-state index in [9.17, 15) is 37.9 Å². The van der Waals surface area contributed by atoms with Crippen LogP contribution >= 0.6 is 0 Å². The Kier molecular flexibility index (Phi) is 41.4. The van der Waals surface area contributed by atoms with E-state index in [1.165, 1.54) is 193 Å². The van der Waals surface area contributed by atoms with E-state index in [-0.39, 0.29) is 19.4 Å². The Bertz CT molecular complexity index is 1220. The molecule has 392 valence electrons. The molecule has 13 heteroatoms. The van der Waals surface area contributed by atoms with E-state index in [0.717, 1.165) is 38.5 Å². The summed E-state index contributed by atoms with van der Waals surface area (Å²) in [5, 5.41) is 31.0. The average molecular weight is 963 g/mol. The van der Waals surface area contributed by atoms with Gasteiger partial charge >= 0.3 is 11.9 Å². The number of carbonyl (C=O) groups is 2. The maximum absolute atomic E-state index is 12.9. The quantitative estimate of drug-likeness (QED) is 0.0257. The van der Waals surface area contributed by atoms with E-state index in [4.69, 9.17) is 18.9 Å². The van der Waals surface area contributed by atoms with Crippen LogP contribution in [0.3, 0.4) is 0 Å². The lowest BCUT2D eigenvalue weighted by Gasteiger charge is -2.40. The molecule has 1 heterocycles. The first kappa shape index (κ1) is 62.7. The molecule has 6 unspecified atom stereocenters. The molecule has 0 bridgehead atoms. The van der Waals surface area contributed by atoms with Crippen molar-refractivity contribution in [3.05, 3.63) is 0 Å². The summed E-state index contributed by atoms with van der Waals surface area (Å²) in [7, 11) is -4.60. The third kappa shape index (κ3) is 37.5. The van der Waals surface area contributed by atoms with E-state index in [1.54, 1.807) is 0 Å². The predicted molar refractivity (Wildman–Crippen MR) is 266 cm³/mol. The van der Waals surface area contributed by atoms with Crippen LogP contribution in [0.5, 0.6) is 0 Å². The summed E-state index contributed by atoms with van der Waals surface area (Å²) in [4.78, 5) is 25.6. The predicted octanol–water partition coefficient (Wildman–Crippen LogP) is 12.8. The fourth-order valence-corrected chi connectivity index (χ4v) is 9.61. The number of unbranched alkanes of at least 4 members (excludes halogenated alkanes) is 36. The van der Waals surface area contributed by atoms with Gasteiger partial charge in [0, 0.05) is 12.8 Å². The van der Waals surface area contributed by atoms with E-state index in [2.05, 4.69) is 13.8 Å². The molecular formula is C53H102O12S. The molecule has 0 saturated carbocycles. The second-order valence-electron chi connectivity index (χ2n) is 19.6. The largest absolute Gasteiger partial charge is 0.462 e. The third-order valence-electron chi connectivity index (χ3n) is 13.2. The van der Waals surface area contributed by atoms with E-state index < -0.39 is 71.2 Å². The second-order valence-corrected chi connectivity index (χ2v) is 21.1. The molecule has 0 amide bonds. The van der Waals surface area contributed by atoms with Gasteiger partial charge in [-0.3, -0.25) is 14.1 Å². The molecule has 66 heavy (non-hydrogen) atoms. The van der Waals surface area contributed by atoms with Gasteiger partial charge < -0.3 is 34.3 Å². The number of ether oxygens (including phenoxy) is 4. The Labute approximate surface area is 403 Å². The molecule has 6 atom stereocenters. The van der Waals surface area contributed by atoms with Crippen molar-refractivity contribution in [2.24, 2.45) is 0 Å². The summed E-state index contributed by atoms with van der Waals surface area (Å²) in [5.41, 5.74) is 0. The SMILES string of the molecule is CCCCCCCCCCCCCCCCCCCCCCCCC(=O)OC(COC(=O)CCCCCCCCCCCCCCCCCC)COC1OC(CS(=O)(=O)O)C(O)C(O)C1O. The molecular weight excluding hydrogens is 861 g/mol. The topological polar surface area (TPSA) is 186 Å². The van der Waals surface area contributed by atoms with Crippen LogP contribution < -0.4 is 0 Å². The first-order valence-electron chi connectivity index (χ1n) is 27.6. The average Bonchev–Trinajstić information content (AvgIpc) is 3.28. The number of rotatable bonds is 48.